The molecule has 0 unspecified atom stereocenters. The zero-order valence-electron chi connectivity index (χ0n) is 42.2. The van der Waals surface area contributed by atoms with Gasteiger partial charge in [0.05, 0.1) is 0 Å². The zero-order valence-corrected chi connectivity index (χ0v) is 42.2. The topological polar surface area (TPSA) is 22.9 Å². The van der Waals surface area contributed by atoms with E-state index in [1.807, 2.05) is 0 Å². The van der Waals surface area contributed by atoms with Crippen molar-refractivity contribution >= 4 is 96.2 Å². The molecule has 0 N–H and O–H groups in total. The minimum Gasteiger partial charge on any atom is -0.456 e. The zero-order chi connectivity index (χ0) is 48.1. The Morgan fingerprint density at radius 3 is 1.57 bits per heavy atom. The van der Waals surface area contributed by atoms with Crippen molar-refractivity contribution in [1.29, 1.82) is 0 Å². The lowest BCUT2D eigenvalue weighted by Gasteiger charge is -2.48. The summed E-state index contributed by atoms with van der Waals surface area (Å²) in [4.78, 5) is 7.61. The number of rotatable bonds is 5. The third-order valence-corrected chi connectivity index (χ3v) is 17.2. The lowest BCUT2D eigenvalue weighted by atomic mass is 9.33. The number of hydrogen-bond donors (Lipinski definition) is 0. The van der Waals surface area contributed by atoms with Crippen LogP contribution in [0.2, 0.25) is 0 Å². The Hall–Kier alpha value is -6.98. The van der Waals surface area contributed by atoms with Gasteiger partial charge < -0.3 is 19.1 Å². The smallest absolute Gasteiger partial charge is 0.252 e. The van der Waals surface area contributed by atoms with E-state index in [-0.39, 0.29) is 28.4 Å². The molecule has 0 fully saturated rings. The van der Waals surface area contributed by atoms with Crippen molar-refractivity contribution in [3.63, 3.8) is 0 Å². The highest BCUT2D eigenvalue weighted by Crippen LogP contribution is 2.53. The summed E-state index contributed by atoms with van der Waals surface area (Å²) in [5.74, 6) is 0. The van der Waals surface area contributed by atoms with Crippen LogP contribution in [-0.2, 0) is 21.7 Å². The van der Waals surface area contributed by atoms with E-state index in [4.69, 9.17) is 4.42 Å². The molecule has 0 saturated heterocycles. The molecule has 0 saturated carbocycles. The molecule has 0 bridgehead atoms. The van der Waals surface area contributed by atoms with Gasteiger partial charge in [0.1, 0.15) is 11.2 Å². The van der Waals surface area contributed by atoms with Crippen molar-refractivity contribution in [2.75, 3.05) is 14.7 Å². The predicted molar refractivity (Wildman–Crippen MR) is 298 cm³/mol. The highest BCUT2D eigenvalue weighted by atomic mass is 16.3. The average molecular weight is 912 g/mol. The van der Waals surface area contributed by atoms with Gasteiger partial charge in [0.15, 0.2) is 0 Å². The Kier molecular flexibility index (Phi) is 9.24. The van der Waals surface area contributed by atoms with Gasteiger partial charge in [0.2, 0.25) is 0 Å². The monoisotopic (exact) mass is 911 g/mol. The van der Waals surface area contributed by atoms with Crippen LogP contribution in [0.3, 0.4) is 0 Å². The highest BCUT2D eigenvalue weighted by Gasteiger charge is 2.47. The van der Waals surface area contributed by atoms with Crippen LogP contribution < -0.4 is 31.1 Å². The Balaban J connectivity index is 1.12. The molecular formula is C65H62BN3O. The van der Waals surface area contributed by atoms with Crippen molar-refractivity contribution in [3.8, 4) is 0 Å². The van der Waals surface area contributed by atoms with Crippen LogP contribution in [-0.4, -0.2) is 6.71 Å². The second-order valence-electron chi connectivity index (χ2n) is 23.6. The van der Waals surface area contributed by atoms with E-state index in [1.54, 1.807) is 0 Å². The fraction of sp³-hybridized carbons (Fsp3) is 0.262. The number of furan rings is 1. The second-order valence-corrected chi connectivity index (χ2v) is 23.6. The van der Waals surface area contributed by atoms with Gasteiger partial charge in [0, 0.05) is 68.0 Å². The van der Waals surface area contributed by atoms with Gasteiger partial charge in [-0.05, 0) is 183 Å². The number of aryl methyl sites for hydroxylation is 1. The molecule has 9 aromatic rings. The molecule has 2 aliphatic carbocycles. The summed E-state index contributed by atoms with van der Waals surface area (Å²) in [6.45, 7) is 22.0. The van der Waals surface area contributed by atoms with Crippen LogP contribution in [0.25, 0.3) is 21.9 Å². The summed E-state index contributed by atoms with van der Waals surface area (Å²) < 4.78 is 6.68. The third kappa shape index (κ3) is 6.42. The first-order chi connectivity index (χ1) is 33.6. The molecule has 1 aromatic heterocycles. The molecule has 0 radical (unpaired) electrons. The number of para-hydroxylation sites is 3. The van der Waals surface area contributed by atoms with Crippen LogP contribution in [0, 0.1) is 6.92 Å². The van der Waals surface area contributed by atoms with Gasteiger partial charge >= 0.3 is 0 Å². The third-order valence-electron chi connectivity index (χ3n) is 17.2. The van der Waals surface area contributed by atoms with Crippen LogP contribution in [0.4, 0.5) is 51.2 Å². The SMILES string of the molecule is Cc1cc2c3c(c1)N(c1ccc4c(c1)C(C)(C)CCC4(C)C)c1cc4c(cc1B3c1ccc(N(c3ccccc3)c3ccccc3)cc1N2c1ccc2c(c1)oc1ccccc12)C(C)(C)CCC4(C)C. The Morgan fingerprint density at radius 2 is 0.929 bits per heavy atom. The second kappa shape index (κ2) is 15.0. The standard InChI is InChI=1S/C65H62BN3O/c1-41-34-57-61-58(35-41)69(46-24-27-48-47-22-16-17-23-59(47)70-60(48)38-46)55-37-45(67(42-18-12-10-13-19-42)43-20-14-11-15-21-43)26-29-53(55)66(61)54-39-51-52(65(8,9)33-32-64(51,6)7)40-56(54)68(57)44-25-28-49-50(36-44)63(4,5)31-30-62(49,2)3/h10-29,34-40H,30-33H2,1-9H3. The largest absolute Gasteiger partial charge is 0.456 e. The molecular weight excluding hydrogens is 850 g/mol. The van der Waals surface area contributed by atoms with Crippen molar-refractivity contribution in [2.45, 2.75) is 110 Å². The van der Waals surface area contributed by atoms with Crippen molar-refractivity contribution in [3.05, 3.63) is 192 Å². The van der Waals surface area contributed by atoms with Gasteiger partial charge in [-0.1, -0.05) is 128 Å². The number of hydrogen-bond acceptors (Lipinski definition) is 4. The highest BCUT2D eigenvalue weighted by molar-refractivity contribution is 7.00. The summed E-state index contributed by atoms with van der Waals surface area (Å²) in [7, 11) is 0. The van der Waals surface area contributed by atoms with Crippen LogP contribution in [0.1, 0.15) is 109 Å². The number of benzene rings is 8. The number of fused-ring (bicyclic) bond motifs is 9. The van der Waals surface area contributed by atoms with E-state index >= 15 is 0 Å². The molecule has 0 spiro atoms. The molecule has 8 aromatic carbocycles. The molecule has 5 heteroatoms. The summed E-state index contributed by atoms with van der Waals surface area (Å²) in [6, 6.07) is 61.8. The fourth-order valence-corrected chi connectivity index (χ4v) is 13.0. The lowest BCUT2D eigenvalue weighted by molar-refractivity contribution is 0.332. The maximum Gasteiger partial charge on any atom is 0.252 e. The van der Waals surface area contributed by atoms with Crippen LogP contribution in [0.5, 0.6) is 0 Å². The van der Waals surface area contributed by atoms with E-state index in [0.29, 0.717) is 0 Å². The van der Waals surface area contributed by atoms with E-state index in [1.165, 1.54) is 85.5 Å². The summed E-state index contributed by atoms with van der Waals surface area (Å²) in [5.41, 5.74) is 23.8. The van der Waals surface area contributed by atoms with Gasteiger partial charge in [-0.25, -0.2) is 0 Å². The molecule has 346 valence electrons. The van der Waals surface area contributed by atoms with E-state index in [9.17, 15) is 0 Å². The van der Waals surface area contributed by atoms with Crippen molar-refractivity contribution < 1.29 is 4.42 Å². The van der Waals surface area contributed by atoms with Gasteiger partial charge in [0.25, 0.3) is 6.71 Å². The number of anilines is 9. The van der Waals surface area contributed by atoms with E-state index in [2.05, 4.69) is 241 Å². The van der Waals surface area contributed by atoms with Gasteiger partial charge in [-0.3, -0.25) is 0 Å². The fourth-order valence-electron chi connectivity index (χ4n) is 13.0. The van der Waals surface area contributed by atoms with E-state index < -0.39 is 0 Å². The number of nitrogens with zero attached hydrogens (tertiary/aromatic N) is 3. The molecule has 2 aliphatic heterocycles. The van der Waals surface area contributed by atoms with Gasteiger partial charge in [-0.2, -0.15) is 0 Å². The van der Waals surface area contributed by atoms with Crippen molar-refractivity contribution in [2.24, 2.45) is 0 Å². The molecule has 0 amide bonds. The Labute approximate surface area is 414 Å². The Bertz CT molecular complexity index is 3560. The van der Waals surface area contributed by atoms with Crippen LogP contribution in [0.15, 0.2) is 168 Å². The molecule has 13 rings (SSSR count). The molecule has 3 heterocycles. The van der Waals surface area contributed by atoms with Crippen molar-refractivity contribution in [1.82, 2.24) is 0 Å². The first kappa shape index (κ1) is 43.1. The maximum absolute atomic E-state index is 6.68. The Morgan fingerprint density at radius 1 is 0.414 bits per heavy atom. The summed E-state index contributed by atoms with van der Waals surface area (Å²) >= 11 is 0. The van der Waals surface area contributed by atoms with E-state index in [0.717, 1.165) is 57.5 Å². The first-order valence-corrected chi connectivity index (χ1v) is 25.6. The normalized spacial score (nSPS) is 17.6. The molecule has 70 heavy (non-hydrogen) atoms. The van der Waals surface area contributed by atoms with Crippen LogP contribution >= 0.6 is 0 Å². The molecule has 4 aliphatic rings. The minimum absolute atomic E-state index is 0.0203. The summed E-state index contributed by atoms with van der Waals surface area (Å²) in [5, 5.41) is 2.26. The predicted octanol–water partition coefficient (Wildman–Crippen LogP) is 16.1. The molecule has 4 nitrogen and oxygen atoms in total. The maximum atomic E-state index is 6.68. The lowest BCUT2D eigenvalue weighted by Crippen LogP contribution is -2.62. The average Bonchev–Trinajstić information content (AvgIpc) is 3.72. The van der Waals surface area contributed by atoms with Gasteiger partial charge in [-0.15, -0.1) is 0 Å². The molecule has 0 atom stereocenters. The minimum atomic E-state index is -0.0203. The first-order valence-electron chi connectivity index (χ1n) is 25.6. The summed E-state index contributed by atoms with van der Waals surface area (Å²) in [6.07, 6.45) is 4.67. The quantitative estimate of drug-likeness (QED) is 0.161.